The molecule has 1 aromatic rings. The Morgan fingerprint density at radius 3 is 2.62 bits per heavy atom. The number of ketones is 2. The molecule has 0 aliphatic heterocycles. The molecule has 0 amide bonds. The molecule has 5 nitrogen and oxygen atoms in total. The van der Waals surface area contributed by atoms with Gasteiger partial charge in [-0.25, -0.2) is 9.78 Å². The number of nitrogens with zero attached hydrogens (tertiary/aromatic N) is 1. The first-order valence-corrected chi connectivity index (χ1v) is 4.18. The Kier molecular flexibility index (Phi) is 2.86. The van der Waals surface area contributed by atoms with E-state index in [9.17, 15) is 14.4 Å². The Labute approximate surface area is 77.0 Å². The predicted molar refractivity (Wildman–Crippen MR) is 43.7 cm³/mol. The molecule has 0 aliphatic carbocycles. The van der Waals surface area contributed by atoms with Gasteiger partial charge in [-0.2, -0.15) is 0 Å². The van der Waals surface area contributed by atoms with E-state index in [1.54, 1.807) is 5.38 Å². The number of carboxylic acids is 1. The molecule has 0 radical (unpaired) electrons. The van der Waals surface area contributed by atoms with Gasteiger partial charge in [0.2, 0.25) is 5.78 Å². The number of rotatable bonds is 4. The van der Waals surface area contributed by atoms with E-state index in [-0.39, 0.29) is 5.01 Å². The van der Waals surface area contributed by atoms with Crippen LogP contribution in [0.25, 0.3) is 0 Å². The number of aliphatic carboxylic acids is 1. The lowest BCUT2D eigenvalue weighted by molar-refractivity contribution is -0.148. The summed E-state index contributed by atoms with van der Waals surface area (Å²) in [6.45, 7) is 0. The normalized spacial score (nSPS) is 9.54. The number of carboxylic acid groups (broad SMARTS) is 1. The molecule has 6 heteroatoms. The minimum absolute atomic E-state index is 0.162. The van der Waals surface area contributed by atoms with Crippen LogP contribution in [0.5, 0.6) is 0 Å². The van der Waals surface area contributed by atoms with Crippen molar-refractivity contribution in [1.29, 1.82) is 0 Å². The Balaban J connectivity index is 2.62. The van der Waals surface area contributed by atoms with Gasteiger partial charge in [0, 0.05) is 11.6 Å². The van der Waals surface area contributed by atoms with Crippen molar-refractivity contribution in [1.82, 2.24) is 4.98 Å². The zero-order valence-electron chi connectivity index (χ0n) is 6.39. The van der Waals surface area contributed by atoms with Crippen molar-refractivity contribution in [3.8, 4) is 0 Å². The van der Waals surface area contributed by atoms with Gasteiger partial charge in [0.1, 0.15) is 0 Å². The molecule has 0 saturated carbocycles. The largest absolute Gasteiger partial charge is 0.475 e. The molecule has 0 aliphatic rings. The summed E-state index contributed by atoms with van der Waals surface area (Å²) in [5.41, 5.74) is 0. The number of aromatic nitrogens is 1. The average molecular weight is 199 g/mol. The summed E-state index contributed by atoms with van der Waals surface area (Å²) in [7, 11) is 0. The number of carbonyl (C=O) groups is 3. The van der Waals surface area contributed by atoms with Crippen LogP contribution in [0.15, 0.2) is 11.6 Å². The van der Waals surface area contributed by atoms with Gasteiger partial charge in [-0.3, -0.25) is 9.59 Å². The van der Waals surface area contributed by atoms with Crippen LogP contribution in [0, 0.1) is 0 Å². The first-order valence-electron chi connectivity index (χ1n) is 3.30. The third kappa shape index (κ3) is 2.45. The summed E-state index contributed by atoms with van der Waals surface area (Å²) in [6, 6.07) is 0. The fraction of sp³-hybridized carbons (Fsp3) is 0.143. The molecule has 0 unspecified atom stereocenters. The maximum absolute atomic E-state index is 11.1. The molecule has 1 aromatic heterocycles. The van der Waals surface area contributed by atoms with Crippen molar-refractivity contribution < 1.29 is 19.5 Å². The van der Waals surface area contributed by atoms with E-state index in [1.807, 2.05) is 0 Å². The number of Topliss-reactive ketones (excluding diaryl/α,β-unsaturated/α-hetero) is 2. The standard InChI is InChI=1S/C7H5NO4S/c9-4(3-5(10)7(11)12)6-8-1-2-13-6/h1-2H,3H2,(H,11,12). The van der Waals surface area contributed by atoms with Gasteiger partial charge in [0.25, 0.3) is 0 Å². The monoisotopic (exact) mass is 199 g/mol. The highest BCUT2D eigenvalue weighted by atomic mass is 32.1. The molecule has 68 valence electrons. The van der Waals surface area contributed by atoms with Gasteiger partial charge < -0.3 is 5.11 Å². The molecule has 0 saturated heterocycles. The molecule has 0 aromatic carbocycles. The topological polar surface area (TPSA) is 84.3 Å². The van der Waals surface area contributed by atoms with Crippen LogP contribution in [0.2, 0.25) is 0 Å². The molecule has 1 N–H and O–H groups in total. The number of carbonyl (C=O) groups excluding carboxylic acids is 2. The van der Waals surface area contributed by atoms with E-state index in [1.165, 1.54) is 6.20 Å². The van der Waals surface area contributed by atoms with Crippen molar-refractivity contribution in [3.63, 3.8) is 0 Å². The first kappa shape index (κ1) is 9.53. The lowest BCUT2D eigenvalue weighted by atomic mass is 10.2. The molecular weight excluding hydrogens is 194 g/mol. The van der Waals surface area contributed by atoms with Crippen LogP contribution in [0.4, 0.5) is 0 Å². The highest BCUT2D eigenvalue weighted by Gasteiger charge is 2.18. The minimum atomic E-state index is -1.59. The summed E-state index contributed by atoms with van der Waals surface area (Å²) in [5, 5.41) is 9.95. The minimum Gasteiger partial charge on any atom is -0.475 e. The molecule has 1 rings (SSSR count). The fourth-order valence-electron chi connectivity index (χ4n) is 0.658. The summed E-state index contributed by atoms with van der Waals surface area (Å²) in [6.07, 6.45) is 0.798. The lowest BCUT2D eigenvalue weighted by Crippen LogP contribution is -2.16. The highest BCUT2D eigenvalue weighted by molar-refractivity contribution is 7.11. The SMILES string of the molecule is O=C(O)C(=O)CC(=O)c1nccs1. The maximum Gasteiger partial charge on any atom is 0.372 e. The Morgan fingerprint density at radius 1 is 1.46 bits per heavy atom. The average Bonchev–Trinajstić information content (AvgIpc) is 2.55. The third-order valence-corrected chi connectivity index (χ3v) is 2.04. The van der Waals surface area contributed by atoms with Crippen molar-refractivity contribution in [3.05, 3.63) is 16.6 Å². The highest BCUT2D eigenvalue weighted by Crippen LogP contribution is 2.07. The van der Waals surface area contributed by atoms with Crippen LogP contribution < -0.4 is 0 Å². The Hall–Kier alpha value is -1.56. The summed E-state index contributed by atoms with van der Waals surface area (Å²) in [4.78, 5) is 35.4. The van der Waals surface area contributed by atoms with E-state index in [0.717, 1.165) is 11.3 Å². The summed E-state index contributed by atoms with van der Waals surface area (Å²) in [5.74, 6) is -3.26. The van der Waals surface area contributed by atoms with Crippen molar-refractivity contribution in [2.75, 3.05) is 0 Å². The molecule has 0 atom stereocenters. The lowest BCUT2D eigenvalue weighted by Gasteiger charge is -1.91. The Morgan fingerprint density at radius 2 is 2.15 bits per heavy atom. The third-order valence-electron chi connectivity index (χ3n) is 1.23. The van der Waals surface area contributed by atoms with E-state index in [0.29, 0.717) is 0 Å². The van der Waals surface area contributed by atoms with Crippen LogP contribution in [0.1, 0.15) is 16.2 Å². The van der Waals surface area contributed by atoms with Gasteiger partial charge >= 0.3 is 5.97 Å². The second-order valence-corrected chi connectivity index (χ2v) is 3.06. The van der Waals surface area contributed by atoms with Crippen LogP contribution >= 0.6 is 11.3 Å². The number of hydrogen-bond acceptors (Lipinski definition) is 5. The van der Waals surface area contributed by atoms with Gasteiger partial charge in [-0.15, -0.1) is 11.3 Å². The molecule has 13 heavy (non-hydrogen) atoms. The first-order chi connectivity index (χ1) is 6.11. The van der Waals surface area contributed by atoms with Gasteiger partial charge in [-0.1, -0.05) is 0 Å². The van der Waals surface area contributed by atoms with Crippen LogP contribution in [-0.4, -0.2) is 27.6 Å². The zero-order valence-corrected chi connectivity index (χ0v) is 7.21. The smallest absolute Gasteiger partial charge is 0.372 e. The number of hydrogen-bond donors (Lipinski definition) is 1. The molecule has 1 heterocycles. The molecular formula is C7H5NO4S. The van der Waals surface area contributed by atoms with E-state index >= 15 is 0 Å². The molecule has 0 spiro atoms. The van der Waals surface area contributed by atoms with Gasteiger partial charge in [-0.05, 0) is 0 Å². The fourth-order valence-corrected chi connectivity index (χ4v) is 1.23. The van der Waals surface area contributed by atoms with Crippen molar-refractivity contribution in [2.24, 2.45) is 0 Å². The van der Waals surface area contributed by atoms with Gasteiger partial charge in [0.05, 0.1) is 6.42 Å². The number of thiazole rings is 1. The molecule has 0 fully saturated rings. The van der Waals surface area contributed by atoms with E-state index in [2.05, 4.69) is 4.98 Å². The summed E-state index contributed by atoms with van der Waals surface area (Å²) < 4.78 is 0. The van der Waals surface area contributed by atoms with Crippen molar-refractivity contribution in [2.45, 2.75) is 6.42 Å². The second kappa shape index (κ2) is 3.90. The quantitative estimate of drug-likeness (QED) is 0.430. The molecule has 0 bridgehead atoms. The van der Waals surface area contributed by atoms with Gasteiger partial charge in [0.15, 0.2) is 10.8 Å². The van der Waals surface area contributed by atoms with Crippen LogP contribution in [-0.2, 0) is 9.59 Å². The predicted octanol–water partition coefficient (Wildman–Crippen LogP) is 0.370. The van der Waals surface area contributed by atoms with Crippen LogP contribution in [0.3, 0.4) is 0 Å². The van der Waals surface area contributed by atoms with E-state index < -0.39 is 24.0 Å². The zero-order chi connectivity index (χ0) is 9.84. The summed E-state index contributed by atoms with van der Waals surface area (Å²) >= 11 is 1.08. The Bertz CT molecular complexity index is 343. The second-order valence-electron chi connectivity index (χ2n) is 2.17. The van der Waals surface area contributed by atoms with Crippen molar-refractivity contribution >= 4 is 28.9 Å². The van der Waals surface area contributed by atoms with E-state index in [4.69, 9.17) is 5.11 Å². The maximum atomic E-state index is 11.1.